The molecular formula is C20H32O4. The molecule has 0 amide bonds. The van der Waals surface area contributed by atoms with E-state index in [0.717, 1.165) is 51.4 Å². The van der Waals surface area contributed by atoms with Gasteiger partial charge in [0.05, 0.1) is 6.10 Å². The lowest BCUT2D eigenvalue weighted by Gasteiger charge is -2.57. The van der Waals surface area contributed by atoms with Gasteiger partial charge in [-0.3, -0.25) is 4.79 Å². The lowest BCUT2D eigenvalue weighted by molar-refractivity contribution is -0.256. The number of rotatable bonds is 2. The number of hydrogen-bond donors (Lipinski definition) is 1. The fraction of sp³-hybridized carbons (Fsp3) is 0.950. The van der Waals surface area contributed by atoms with Gasteiger partial charge in [0, 0.05) is 38.9 Å². The number of ketones is 1. The van der Waals surface area contributed by atoms with E-state index in [9.17, 15) is 9.90 Å². The first kappa shape index (κ1) is 17.0. The Balaban J connectivity index is 1.58. The summed E-state index contributed by atoms with van der Waals surface area (Å²) in [4.78, 5) is 12.4. The topological polar surface area (TPSA) is 55.8 Å². The van der Waals surface area contributed by atoms with Gasteiger partial charge in [0.1, 0.15) is 5.78 Å². The standard InChI is InChI=1S/C20H32O4/c1-19-8-6-12-13-7-9-20(23-2,24-3)11-15(13)17(21)10-14(12)16(19)4-5-18(19)22/h12-17,21H,4-11H2,1-3H3. The molecule has 0 aromatic carbocycles. The van der Waals surface area contributed by atoms with Gasteiger partial charge in [-0.15, -0.1) is 0 Å². The van der Waals surface area contributed by atoms with Gasteiger partial charge in [-0.05, 0) is 61.7 Å². The zero-order chi connectivity index (χ0) is 17.1. The maximum absolute atomic E-state index is 12.4. The van der Waals surface area contributed by atoms with Gasteiger partial charge in [0.2, 0.25) is 0 Å². The lowest BCUT2D eigenvalue weighted by Crippen LogP contribution is -2.56. The van der Waals surface area contributed by atoms with Gasteiger partial charge in [0.25, 0.3) is 0 Å². The normalized spacial score (nSPS) is 50.1. The maximum atomic E-state index is 12.4. The quantitative estimate of drug-likeness (QED) is 0.787. The number of carbonyl (C=O) groups is 1. The Kier molecular flexibility index (Phi) is 4.09. The summed E-state index contributed by atoms with van der Waals surface area (Å²) in [6.07, 6.45) is 7.38. The van der Waals surface area contributed by atoms with E-state index in [2.05, 4.69) is 6.92 Å². The minimum absolute atomic E-state index is 0.106. The molecule has 0 heterocycles. The molecule has 4 aliphatic carbocycles. The first-order valence-electron chi connectivity index (χ1n) is 9.76. The Labute approximate surface area is 145 Å². The first-order chi connectivity index (χ1) is 11.4. The van der Waals surface area contributed by atoms with E-state index in [1.165, 1.54) is 0 Å². The van der Waals surface area contributed by atoms with Crippen LogP contribution in [0.3, 0.4) is 0 Å². The number of aliphatic hydroxyl groups excluding tert-OH is 1. The number of hydrogen-bond acceptors (Lipinski definition) is 4. The van der Waals surface area contributed by atoms with Gasteiger partial charge in [-0.1, -0.05) is 6.92 Å². The number of ether oxygens (including phenoxy) is 2. The van der Waals surface area contributed by atoms with Crippen molar-refractivity contribution in [1.82, 2.24) is 0 Å². The molecule has 4 aliphatic rings. The van der Waals surface area contributed by atoms with E-state index in [1.54, 1.807) is 14.2 Å². The molecule has 4 saturated carbocycles. The summed E-state index contributed by atoms with van der Waals surface area (Å²) in [5, 5.41) is 10.9. The molecule has 0 aromatic rings. The van der Waals surface area contributed by atoms with Crippen LogP contribution in [-0.2, 0) is 14.3 Å². The van der Waals surface area contributed by atoms with Crippen LogP contribution in [0.1, 0.15) is 58.3 Å². The highest BCUT2D eigenvalue weighted by Gasteiger charge is 2.59. The Morgan fingerprint density at radius 3 is 2.38 bits per heavy atom. The first-order valence-corrected chi connectivity index (χ1v) is 9.76. The van der Waals surface area contributed by atoms with Crippen molar-refractivity contribution >= 4 is 5.78 Å². The fourth-order valence-electron chi connectivity index (χ4n) is 7.03. The van der Waals surface area contributed by atoms with E-state index in [1.807, 2.05) is 0 Å². The van der Waals surface area contributed by atoms with Crippen LogP contribution in [0.5, 0.6) is 0 Å². The molecule has 1 N–H and O–H groups in total. The average Bonchev–Trinajstić information content (AvgIpc) is 2.90. The zero-order valence-corrected chi connectivity index (χ0v) is 15.3. The van der Waals surface area contributed by atoms with Crippen LogP contribution in [0.2, 0.25) is 0 Å². The van der Waals surface area contributed by atoms with Gasteiger partial charge in [0.15, 0.2) is 5.79 Å². The van der Waals surface area contributed by atoms with Crippen LogP contribution in [0.4, 0.5) is 0 Å². The highest BCUT2D eigenvalue weighted by atomic mass is 16.7. The van der Waals surface area contributed by atoms with E-state index >= 15 is 0 Å². The summed E-state index contributed by atoms with van der Waals surface area (Å²) < 4.78 is 11.4. The minimum Gasteiger partial charge on any atom is -0.393 e. The molecule has 0 aromatic heterocycles. The van der Waals surface area contributed by atoms with Crippen molar-refractivity contribution < 1.29 is 19.4 Å². The molecule has 0 aliphatic heterocycles. The summed E-state index contributed by atoms with van der Waals surface area (Å²) in [5.74, 6) is 2.51. The summed E-state index contributed by atoms with van der Waals surface area (Å²) in [6.45, 7) is 2.20. The molecule has 4 nitrogen and oxygen atoms in total. The average molecular weight is 336 g/mol. The molecule has 136 valence electrons. The van der Waals surface area contributed by atoms with E-state index < -0.39 is 5.79 Å². The van der Waals surface area contributed by atoms with E-state index in [-0.39, 0.29) is 17.4 Å². The smallest absolute Gasteiger partial charge is 0.167 e. The second-order valence-corrected chi connectivity index (χ2v) is 9.04. The largest absolute Gasteiger partial charge is 0.393 e. The molecule has 24 heavy (non-hydrogen) atoms. The van der Waals surface area contributed by atoms with Crippen LogP contribution >= 0.6 is 0 Å². The van der Waals surface area contributed by atoms with Crippen molar-refractivity contribution in [3.8, 4) is 0 Å². The maximum Gasteiger partial charge on any atom is 0.167 e. The number of Topliss-reactive ketones (excluding diaryl/α,β-unsaturated/α-hetero) is 1. The SMILES string of the molecule is COC1(OC)CCC2C(C1)C(O)CC1C2CCC2(C)C(=O)CCC12. The predicted molar refractivity (Wildman–Crippen MR) is 90.3 cm³/mol. The van der Waals surface area contributed by atoms with E-state index in [4.69, 9.17) is 9.47 Å². The Morgan fingerprint density at radius 1 is 1.00 bits per heavy atom. The monoisotopic (exact) mass is 336 g/mol. The lowest BCUT2D eigenvalue weighted by atomic mass is 9.49. The van der Waals surface area contributed by atoms with Crippen LogP contribution in [0, 0.1) is 35.0 Å². The Bertz CT molecular complexity index is 514. The third-order valence-electron chi connectivity index (χ3n) is 8.46. The fourth-order valence-corrected chi connectivity index (χ4v) is 7.03. The van der Waals surface area contributed by atoms with Gasteiger partial charge in [-0.25, -0.2) is 0 Å². The van der Waals surface area contributed by atoms with Crippen molar-refractivity contribution in [2.24, 2.45) is 35.0 Å². The second kappa shape index (κ2) is 5.78. The molecule has 4 rings (SSSR count). The molecule has 7 atom stereocenters. The summed E-state index contributed by atoms with van der Waals surface area (Å²) in [5.41, 5.74) is -0.106. The van der Waals surface area contributed by atoms with Crippen LogP contribution in [0.15, 0.2) is 0 Å². The molecule has 7 unspecified atom stereocenters. The summed E-state index contributed by atoms with van der Waals surface area (Å²) in [6, 6.07) is 0. The van der Waals surface area contributed by atoms with Crippen molar-refractivity contribution in [1.29, 1.82) is 0 Å². The second-order valence-electron chi connectivity index (χ2n) is 9.04. The molecule has 0 radical (unpaired) electrons. The third kappa shape index (κ3) is 2.25. The number of carbonyl (C=O) groups excluding carboxylic acids is 1. The van der Waals surface area contributed by atoms with Gasteiger partial charge < -0.3 is 14.6 Å². The molecule has 0 spiro atoms. The molecule has 0 saturated heterocycles. The van der Waals surface area contributed by atoms with Crippen LogP contribution in [-0.4, -0.2) is 37.0 Å². The van der Waals surface area contributed by atoms with E-state index in [0.29, 0.717) is 29.5 Å². The van der Waals surface area contributed by atoms with Crippen molar-refractivity contribution in [2.45, 2.75) is 70.2 Å². The van der Waals surface area contributed by atoms with Crippen LogP contribution in [0.25, 0.3) is 0 Å². The van der Waals surface area contributed by atoms with Crippen molar-refractivity contribution in [3.63, 3.8) is 0 Å². The molecule has 4 fully saturated rings. The van der Waals surface area contributed by atoms with Gasteiger partial charge in [-0.2, -0.15) is 0 Å². The third-order valence-corrected chi connectivity index (χ3v) is 8.46. The molecular weight excluding hydrogens is 304 g/mol. The highest BCUT2D eigenvalue weighted by Crippen LogP contribution is 2.62. The number of aliphatic hydroxyl groups is 1. The summed E-state index contributed by atoms with van der Waals surface area (Å²) in [7, 11) is 3.44. The van der Waals surface area contributed by atoms with Crippen molar-refractivity contribution in [2.75, 3.05) is 14.2 Å². The Morgan fingerprint density at radius 2 is 1.67 bits per heavy atom. The highest BCUT2D eigenvalue weighted by molar-refractivity contribution is 5.87. The van der Waals surface area contributed by atoms with Gasteiger partial charge >= 0.3 is 0 Å². The Hall–Kier alpha value is -0.450. The predicted octanol–water partition coefficient (Wildman–Crippen LogP) is 3.17. The molecule has 0 bridgehead atoms. The van der Waals surface area contributed by atoms with Crippen molar-refractivity contribution in [3.05, 3.63) is 0 Å². The molecule has 4 heteroatoms. The number of methoxy groups -OCH3 is 2. The minimum atomic E-state index is -0.512. The number of fused-ring (bicyclic) bond motifs is 5. The zero-order valence-electron chi connectivity index (χ0n) is 15.3. The van der Waals surface area contributed by atoms with Crippen LogP contribution < -0.4 is 0 Å². The summed E-state index contributed by atoms with van der Waals surface area (Å²) >= 11 is 0.